The van der Waals surface area contributed by atoms with Gasteiger partial charge in [0, 0.05) is 6.54 Å². The van der Waals surface area contributed by atoms with E-state index in [0.29, 0.717) is 6.61 Å². The predicted octanol–water partition coefficient (Wildman–Crippen LogP) is 3.62. The minimum atomic E-state index is -0.136. The molecule has 25 heavy (non-hydrogen) atoms. The van der Waals surface area contributed by atoms with E-state index in [1.807, 2.05) is 43.3 Å². The third kappa shape index (κ3) is 3.99. The van der Waals surface area contributed by atoms with Crippen molar-refractivity contribution in [3.8, 4) is 5.75 Å². The number of aryl methyl sites for hydroxylation is 2. The number of nitrogens with zero attached hydrogens (tertiary/aromatic N) is 2. The summed E-state index contributed by atoms with van der Waals surface area (Å²) in [5.74, 6) is 1.76. The van der Waals surface area contributed by atoms with Gasteiger partial charge in [0.25, 0.3) is 0 Å². The molecular weight excluding hydrogens is 314 g/mol. The summed E-state index contributed by atoms with van der Waals surface area (Å²) in [6.45, 7) is 5.41. The second-order valence-corrected chi connectivity index (χ2v) is 6.14. The van der Waals surface area contributed by atoms with Crippen molar-refractivity contribution < 1.29 is 9.53 Å². The number of carbonyl (C=O) groups is 1. The highest BCUT2D eigenvalue weighted by Gasteiger charge is 2.15. The number of hydrogen-bond acceptors (Lipinski definition) is 3. The summed E-state index contributed by atoms with van der Waals surface area (Å²) in [4.78, 5) is 15.5. The lowest BCUT2D eigenvalue weighted by Gasteiger charge is -2.14. The molecule has 0 aliphatic heterocycles. The monoisotopic (exact) mass is 337 g/mol. The lowest BCUT2D eigenvalue weighted by atomic mass is 10.2. The molecule has 0 aliphatic rings. The Kier molecular flexibility index (Phi) is 5.33. The molecule has 0 bridgehead atoms. The molecule has 1 heterocycles. The molecule has 0 spiro atoms. The van der Waals surface area contributed by atoms with Crippen LogP contribution in [0.5, 0.6) is 5.75 Å². The summed E-state index contributed by atoms with van der Waals surface area (Å²) >= 11 is 0. The summed E-state index contributed by atoms with van der Waals surface area (Å²) in [6.07, 6.45) is 1.57. The van der Waals surface area contributed by atoms with Gasteiger partial charge in [0.05, 0.1) is 23.7 Å². The number of benzene rings is 2. The molecule has 1 N–H and O–H groups in total. The number of imidazole rings is 1. The van der Waals surface area contributed by atoms with Gasteiger partial charge in [0.1, 0.15) is 11.6 Å². The van der Waals surface area contributed by atoms with Gasteiger partial charge < -0.3 is 14.6 Å². The second kappa shape index (κ2) is 7.83. The SMILES string of the molecule is Cc1cccc(OCCCn2c(C(C)NC=O)nc3ccccc32)c1. The van der Waals surface area contributed by atoms with E-state index in [1.165, 1.54) is 5.56 Å². The number of nitrogens with one attached hydrogen (secondary N) is 1. The van der Waals surface area contributed by atoms with E-state index in [-0.39, 0.29) is 6.04 Å². The van der Waals surface area contributed by atoms with Crippen LogP contribution in [0.15, 0.2) is 48.5 Å². The summed E-state index contributed by atoms with van der Waals surface area (Å²) in [5, 5.41) is 2.79. The molecule has 3 aromatic rings. The highest BCUT2D eigenvalue weighted by atomic mass is 16.5. The van der Waals surface area contributed by atoms with Gasteiger partial charge in [-0.3, -0.25) is 4.79 Å². The van der Waals surface area contributed by atoms with Crippen molar-refractivity contribution in [2.75, 3.05) is 6.61 Å². The quantitative estimate of drug-likeness (QED) is 0.504. The second-order valence-electron chi connectivity index (χ2n) is 6.14. The average Bonchev–Trinajstić information content (AvgIpc) is 2.98. The number of fused-ring (bicyclic) bond motifs is 1. The molecule has 0 saturated carbocycles. The van der Waals surface area contributed by atoms with Crippen LogP contribution in [0.2, 0.25) is 0 Å². The molecular formula is C20H23N3O2. The first-order valence-corrected chi connectivity index (χ1v) is 8.53. The number of aromatic nitrogens is 2. The summed E-state index contributed by atoms with van der Waals surface area (Å²) in [7, 11) is 0. The van der Waals surface area contributed by atoms with Gasteiger partial charge in [-0.2, -0.15) is 0 Å². The molecule has 1 unspecified atom stereocenters. The minimum absolute atomic E-state index is 0.136. The highest BCUT2D eigenvalue weighted by Crippen LogP contribution is 2.21. The topological polar surface area (TPSA) is 56.1 Å². The van der Waals surface area contributed by atoms with Gasteiger partial charge in [-0.05, 0) is 50.1 Å². The van der Waals surface area contributed by atoms with Crippen LogP contribution in [-0.2, 0) is 11.3 Å². The van der Waals surface area contributed by atoms with E-state index in [4.69, 9.17) is 4.74 Å². The Hall–Kier alpha value is -2.82. The fraction of sp³-hybridized carbons (Fsp3) is 0.300. The highest BCUT2D eigenvalue weighted by molar-refractivity contribution is 5.76. The summed E-state index contributed by atoms with van der Waals surface area (Å²) < 4.78 is 8.00. The largest absolute Gasteiger partial charge is 0.494 e. The van der Waals surface area contributed by atoms with Gasteiger partial charge in [-0.1, -0.05) is 24.3 Å². The van der Waals surface area contributed by atoms with Crippen LogP contribution in [0.3, 0.4) is 0 Å². The van der Waals surface area contributed by atoms with Gasteiger partial charge >= 0.3 is 0 Å². The smallest absolute Gasteiger partial charge is 0.207 e. The molecule has 130 valence electrons. The van der Waals surface area contributed by atoms with Crippen molar-refractivity contribution in [3.05, 3.63) is 59.9 Å². The Morgan fingerprint density at radius 2 is 2.08 bits per heavy atom. The lowest BCUT2D eigenvalue weighted by molar-refractivity contribution is -0.110. The average molecular weight is 337 g/mol. The molecule has 5 heteroatoms. The molecule has 0 aliphatic carbocycles. The Bertz CT molecular complexity index is 857. The van der Waals surface area contributed by atoms with Gasteiger partial charge in [-0.25, -0.2) is 4.98 Å². The zero-order valence-corrected chi connectivity index (χ0v) is 14.6. The standard InChI is InChI=1S/C20H23N3O2/c1-15-7-5-8-17(13-15)25-12-6-11-23-19-10-4-3-9-18(19)22-20(23)16(2)21-14-24/h3-5,7-10,13-14,16H,6,11-12H2,1-2H3,(H,21,24). The van der Waals surface area contributed by atoms with Crippen LogP contribution < -0.4 is 10.1 Å². The minimum Gasteiger partial charge on any atom is -0.494 e. The Morgan fingerprint density at radius 3 is 2.88 bits per heavy atom. The summed E-state index contributed by atoms with van der Waals surface area (Å²) in [5.41, 5.74) is 3.21. The van der Waals surface area contributed by atoms with E-state index in [1.54, 1.807) is 0 Å². The maximum atomic E-state index is 10.8. The first kappa shape index (κ1) is 17.0. The van der Waals surface area contributed by atoms with Crippen LogP contribution >= 0.6 is 0 Å². The molecule has 1 amide bonds. The van der Waals surface area contributed by atoms with Gasteiger partial charge in [-0.15, -0.1) is 0 Å². The number of carbonyl (C=O) groups excluding carboxylic acids is 1. The zero-order chi connectivity index (χ0) is 17.6. The van der Waals surface area contributed by atoms with E-state index < -0.39 is 0 Å². The number of para-hydroxylation sites is 2. The van der Waals surface area contributed by atoms with Crippen molar-refractivity contribution in [1.29, 1.82) is 0 Å². The van der Waals surface area contributed by atoms with Crippen LogP contribution in [-0.4, -0.2) is 22.6 Å². The van der Waals surface area contributed by atoms with E-state index >= 15 is 0 Å². The number of ether oxygens (including phenoxy) is 1. The first-order chi connectivity index (χ1) is 12.2. The maximum absolute atomic E-state index is 10.8. The third-order valence-electron chi connectivity index (χ3n) is 4.17. The van der Waals surface area contributed by atoms with Crippen molar-refractivity contribution in [2.24, 2.45) is 0 Å². The maximum Gasteiger partial charge on any atom is 0.207 e. The van der Waals surface area contributed by atoms with Crippen molar-refractivity contribution in [2.45, 2.75) is 32.9 Å². The zero-order valence-electron chi connectivity index (χ0n) is 14.6. The molecule has 3 rings (SSSR count). The fourth-order valence-corrected chi connectivity index (χ4v) is 2.95. The number of amides is 1. The van der Waals surface area contributed by atoms with Crippen LogP contribution in [0.1, 0.15) is 30.8 Å². The third-order valence-corrected chi connectivity index (χ3v) is 4.17. The Morgan fingerprint density at radius 1 is 1.24 bits per heavy atom. The van der Waals surface area contributed by atoms with Crippen LogP contribution in [0.25, 0.3) is 11.0 Å². The van der Waals surface area contributed by atoms with Crippen LogP contribution in [0, 0.1) is 6.92 Å². The first-order valence-electron chi connectivity index (χ1n) is 8.53. The Balaban J connectivity index is 1.71. The van der Waals surface area contributed by atoms with Gasteiger partial charge in [0.2, 0.25) is 6.41 Å². The summed E-state index contributed by atoms with van der Waals surface area (Å²) in [6, 6.07) is 16.0. The van der Waals surface area contributed by atoms with Crippen molar-refractivity contribution in [3.63, 3.8) is 0 Å². The normalized spacial score (nSPS) is 12.1. The van der Waals surface area contributed by atoms with Crippen LogP contribution in [0.4, 0.5) is 0 Å². The molecule has 0 fully saturated rings. The fourth-order valence-electron chi connectivity index (χ4n) is 2.95. The molecule has 1 atom stereocenters. The van der Waals surface area contributed by atoms with Crippen molar-refractivity contribution in [1.82, 2.24) is 14.9 Å². The molecule has 1 aromatic heterocycles. The van der Waals surface area contributed by atoms with Gasteiger partial charge in [0.15, 0.2) is 0 Å². The molecule has 0 saturated heterocycles. The van der Waals surface area contributed by atoms with E-state index in [0.717, 1.165) is 42.0 Å². The molecule has 0 radical (unpaired) electrons. The predicted molar refractivity (Wildman–Crippen MR) is 98.6 cm³/mol. The lowest BCUT2D eigenvalue weighted by Crippen LogP contribution is -2.21. The Labute approximate surface area is 147 Å². The van der Waals surface area contributed by atoms with E-state index in [9.17, 15) is 4.79 Å². The van der Waals surface area contributed by atoms with Crippen molar-refractivity contribution >= 4 is 17.4 Å². The molecule has 5 nitrogen and oxygen atoms in total. The number of hydrogen-bond donors (Lipinski definition) is 1. The van der Waals surface area contributed by atoms with E-state index in [2.05, 4.69) is 33.9 Å². The number of rotatable bonds is 8. The molecule has 2 aromatic carbocycles.